The number of aromatic nitrogens is 1. The van der Waals surface area contributed by atoms with E-state index >= 15 is 0 Å². The van der Waals surface area contributed by atoms with E-state index in [1.54, 1.807) is 12.1 Å². The average Bonchev–Trinajstić information content (AvgIpc) is 2.65. The highest BCUT2D eigenvalue weighted by molar-refractivity contribution is 6.04. The number of alkyl halides is 3. The molecule has 0 fully saturated rings. The Morgan fingerprint density at radius 2 is 1.68 bits per heavy atom. The van der Waals surface area contributed by atoms with Crippen molar-refractivity contribution in [1.82, 2.24) is 4.57 Å². The lowest BCUT2D eigenvalue weighted by atomic mass is 10.1. The molecule has 144 valence electrons. The first-order valence-electron chi connectivity index (χ1n) is 8.47. The molecule has 7 heteroatoms. The highest BCUT2D eigenvalue weighted by atomic mass is 19.4. The van der Waals surface area contributed by atoms with E-state index in [9.17, 15) is 22.8 Å². The highest BCUT2D eigenvalue weighted by Crippen LogP contribution is 2.29. The maximum Gasteiger partial charge on any atom is 0.416 e. The Balaban J connectivity index is 1.81. The van der Waals surface area contributed by atoms with Gasteiger partial charge in [0.15, 0.2) is 0 Å². The number of anilines is 1. The van der Waals surface area contributed by atoms with Crippen molar-refractivity contribution in [2.45, 2.75) is 19.6 Å². The van der Waals surface area contributed by atoms with Crippen LogP contribution in [-0.2, 0) is 12.7 Å². The van der Waals surface area contributed by atoms with Crippen LogP contribution in [0.1, 0.15) is 27.0 Å². The minimum atomic E-state index is -4.41. The van der Waals surface area contributed by atoms with Gasteiger partial charge in [0.1, 0.15) is 0 Å². The van der Waals surface area contributed by atoms with Gasteiger partial charge >= 0.3 is 6.18 Å². The van der Waals surface area contributed by atoms with E-state index < -0.39 is 11.7 Å². The smallest absolute Gasteiger partial charge is 0.322 e. The van der Waals surface area contributed by atoms with Crippen LogP contribution in [0.15, 0.2) is 71.7 Å². The van der Waals surface area contributed by atoms with Gasteiger partial charge < -0.3 is 9.88 Å². The van der Waals surface area contributed by atoms with Gasteiger partial charge in [0.25, 0.3) is 11.5 Å². The SMILES string of the molecule is Cc1ccccc1NC(=O)c1ccc(=O)n(Cc2ccc(C(F)(F)F)cc2)c1. The summed E-state index contributed by atoms with van der Waals surface area (Å²) in [5.41, 5.74) is 1.24. The maximum absolute atomic E-state index is 12.7. The first kappa shape index (κ1) is 19.4. The molecular formula is C21H17F3N2O2. The summed E-state index contributed by atoms with van der Waals surface area (Å²) >= 11 is 0. The summed E-state index contributed by atoms with van der Waals surface area (Å²) in [4.78, 5) is 24.6. The second kappa shape index (κ2) is 7.72. The van der Waals surface area contributed by atoms with E-state index in [1.165, 1.54) is 35.0 Å². The number of para-hydroxylation sites is 1. The molecular weight excluding hydrogens is 369 g/mol. The molecule has 3 aromatic rings. The van der Waals surface area contributed by atoms with Gasteiger partial charge in [-0.2, -0.15) is 13.2 Å². The van der Waals surface area contributed by atoms with Crippen LogP contribution in [0.4, 0.5) is 18.9 Å². The zero-order valence-corrected chi connectivity index (χ0v) is 15.0. The zero-order chi connectivity index (χ0) is 20.3. The maximum atomic E-state index is 12.7. The van der Waals surface area contributed by atoms with Crippen LogP contribution in [-0.4, -0.2) is 10.5 Å². The number of aryl methyl sites for hydroxylation is 1. The van der Waals surface area contributed by atoms with Crippen molar-refractivity contribution < 1.29 is 18.0 Å². The molecule has 1 aromatic heterocycles. The molecule has 0 atom stereocenters. The van der Waals surface area contributed by atoms with Crippen molar-refractivity contribution in [1.29, 1.82) is 0 Å². The highest BCUT2D eigenvalue weighted by Gasteiger charge is 2.29. The lowest BCUT2D eigenvalue weighted by molar-refractivity contribution is -0.137. The van der Waals surface area contributed by atoms with E-state index in [0.29, 0.717) is 11.3 Å². The van der Waals surface area contributed by atoms with E-state index in [1.807, 2.05) is 19.1 Å². The molecule has 3 rings (SSSR count). The van der Waals surface area contributed by atoms with Gasteiger partial charge in [0.05, 0.1) is 17.7 Å². The number of pyridine rings is 1. The van der Waals surface area contributed by atoms with Gasteiger partial charge in [-0.3, -0.25) is 9.59 Å². The molecule has 0 saturated heterocycles. The minimum absolute atomic E-state index is 0.0580. The third-order valence-corrected chi connectivity index (χ3v) is 4.27. The fraction of sp³-hybridized carbons (Fsp3) is 0.143. The summed E-state index contributed by atoms with van der Waals surface area (Å²) in [6.07, 6.45) is -3.02. The lowest BCUT2D eigenvalue weighted by Crippen LogP contribution is -2.22. The van der Waals surface area contributed by atoms with Gasteiger partial charge in [-0.05, 0) is 42.3 Å². The fourth-order valence-electron chi connectivity index (χ4n) is 2.69. The van der Waals surface area contributed by atoms with Crippen LogP contribution >= 0.6 is 0 Å². The Kier molecular flexibility index (Phi) is 5.35. The molecule has 0 aliphatic heterocycles. The molecule has 1 N–H and O–H groups in total. The fourth-order valence-corrected chi connectivity index (χ4v) is 2.69. The van der Waals surface area contributed by atoms with Crippen molar-refractivity contribution in [3.05, 3.63) is 99.5 Å². The van der Waals surface area contributed by atoms with Crippen LogP contribution in [0.25, 0.3) is 0 Å². The van der Waals surface area contributed by atoms with E-state index in [4.69, 9.17) is 0 Å². The molecule has 4 nitrogen and oxygen atoms in total. The molecule has 1 amide bonds. The molecule has 0 aliphatic rings. The normalized spacial score (nSPS) is 11.3. The number of nitrogens with one attached hydrogen (secondary N) is 1. The molecule has 0 aliphatic carbocycles. The van der Waals surface area contributed by atoms with Gasteiger partial charge in [-0.1, -0.05) is 30.3 Å². The monoisotopic (exact) mass is 386 g/mol. The summed E-state index contributed by atoms with van der Waals surface area (Å²) in [7, 11) is 0. The van der Waals surface area contributed by atoms with Crippen molar-refractivity contribution in [3.8, 4) is 0 Å². The number of hydrogen-bond donors (Lipinski definition) is 1. The molecule has 0 bridgehead atoms. The molecule has 28 heavy (non-hydrogen) atoms. The standard InChI is InChI=1S/C21H17F3N2O2/c1-14-4-2-3-5-18(14)25-20(28)16-8-11-19(27)26(13-16)12-15-6-9-17(10-7-15)21(22,23)24/h2-11,13H,12H2,1H3,(H,25,28). The number of hydrogen-bond acceptors (Lipinski definition) is 2. The zero-order valence-electron chi connectivity index (χ0n) is 15.0. The number of amides is 1. The van der Waals surface area contributed by atoms with Crippen molar-refractivity contribution in [2.24, 2.45) is 0 Å². The largest absolute Gasteiger partial charge is 0.416 e. The van der Waals surface area contributed by atoms with Crippen molar-refractivity contribution in [3.63, 3.8) is 0 Å². The Morgan fingerprint density at radius 1 is 1.00 bits per heavy atom. The molecule has 0 saturated carbocycles. The molecule has 0 unspecified atom stereocenters. The molecule has 0 radical (unpaired) electrons. The van der Waals surface area contributed by atoms with Crippen LogP contribution < -0.4 is 10.9 Å². The topological polar surface area (TPSA) is 51.1 Å². The Bertz CT molecular complexity index is 1050. The van der Waals surface area contributed by atoms with E-state index in [-0.39, 0.29) is 23.6 Å². The second-order valence-electron chi connectivity index (χ2n) is 6.35. The van der Waals surface area contributed by atoms with Gasteiger partial charge in [-0.25, -0.2) is 0 Å². The number of carbonyl (C=O) groups excluding carboxylic acids is 1. The predicted octanol–water partition coefficient (Wildman–Crippen LogP) is 4.48. The Labute approximate surface area is 159 Å². The summed E-state index contributed by atoms with van der Waals surface area (Å²) < 4.78 is 39.3. The predicted molar refractivity (Wildman–Crippen MR) is 100 cm³/mol. The number of nitrogens with zero attached hydrogens (tertiary/aromatic N) is 1. The van der Waals surface area contributed by atoms with E-state index in [2.05, 4.69) is 5.32 Å². The molecule has 2 aromatic carbocycles. The third kappa shape index (κ3) is 4.49. The van der Waals surface area contributed by atoms with Crippen LogP contribution in [0.5, 0.6) is 0 Å². The second-order valence-corrected chi connectivity index (χ2v) is 6.35. The summed E-state index contributed by atoms with van der Waals surface area (Å²) in [5, 5.41) is 2.78. The van der Waals surface area contributed by atoms with Crippen LogP contribution in [0.2, 0.25) is 0 Å². The van der Waals surface area contributed by atoms with Crippen molar-refractivity contribution >= 4 is 11.6 Å². The summed E-state index contributed by atoms with van der Waals surface area (Å²) in [5.74, 6) is -0.379. The first-order valence-corrected chi connectivity index (χ1v) is 8.47. The minimum Gasteiger partial charge on any atom is -0.322 e. The lowest BCUT2D eigenvalue weighted by Gasteiger charge is -2.11. The van der Waals surface area contributed by atoms with Crippen molar-refractivity contribution in [2.75, 3.05) is 5.32 Å². The quantitative estimate of drug-likeness (QED) is 0.719. The van der Waals surface area contributed by atoms with Gasteiger partial charge in [0.2, 0.25) is 0 Å². The Hall–Kier alpha value is -3.35. The number of carbonyl (C=O) groups is 1. The summed E-state index contributed by atoms with van der Waals surface area (Å²) in [6.45, 7) is 1.92. The third-order valence-electron chi connectivity index (χ3n) is 4.27. The summed E-state index contributed by atoms with van der Waals surface area (Å²) in [6, 6.07) is 14.5. The number of benzene rings is 2. The number of halogens is 3. The molecule has 1 heterocycles. The number of rotatable bonds is 4. The van der Waals surface area contributed by atoms with Gasteiger partial charge in [0, 0.05) is 18.0 Å². The average molecular weight is 386 g/mol. The van der Waals surface area contributed by atoms with Crippen LogP contribution in [0, 0.1) is 6.92 Å². The molecule has 0 spiro atoms. The van der Waals surface area contributed by atoms with Crippen LogP contribution in [0.3, 0.4) is 0 Å². The first-order chi connectivity index (χ1) is 13.2. The Morgan fingerprint density at radius 3 is 2.32 bits per heavy atom. The van der Waals surface area contributed by atoms with Gasteiger partial charge in [-0.15, -0.1) is 0 Å². The van der Waals surface area contributed by atoms with E-state index in [0.717, 1.165) is 17.7 Å².